The molecule has 31 heavy (non-hydrogen) atoms. The van der Waals surface area contributed by atoms with E-state index in [0.717, 1.165) is 60.2 Å². The smallest absolute Gasteiger partial charge is 0.331 e. The third-order valence-electron chi connectivity index (χ3n) is 6.47. The molecule has 0 bridgehead atoms. The van der Waals surface area contributed by atoms with Gasteiger partial charge in [0.15, 0.2) is 5.78 Å². The number of carbonyl (C=O) groups is 2. The summed E-state index contributed by atoms with van der Waals surface area (Å²) in [5, 5.41) is 17.0. The van der Waals surface area contributed by atoms with Gasteiger partial charge in [0.05, 0.1) is 11.4 Å². The highest BCUT2D eigenvalue weighted by Gasteiger charge is 2.29. The van der Waals surface area contributed by atoms with Crippen LogP contribution in [-0.4, -0.2) is 27.1 Å². The monoisotopic (exact) mass is 412 g/mol. The van der Waals surface area contributed by atoms with E-state index in [4.69, 9.17) is 0 Å². The first-order valence-electron chi connectivity index (χ1n) is 10.9. The summed E-state index contributed by atoms with van der Waals surface area (Å²) in [4.78, 5) is 22.5. The van der Waals surface area contributed by atoms with Crippen LogP contribution in [0.15, 0.2) is 54.1 Å². The third kappa shape index (κ3) is 3.50. The molecule has 0 saturated heterocycles. The number of aromatic nitrogens is 2. The minimum Gasteiger partial charge on any atom is -0.478 e. The molecule has 156 valence electrons. The summed E-state index contributed by atoms with van der Waals surface area (Å²) >= 11 is 0. The van der Waals surface area contributed by atoms with Gasteiger partial charge in [-0.3, -0.25) is 9.89 Å². The molecule has 0 atom stereocenters. The third-order valence-corrected chi connectivity index (χ3v) is 6.47. The number of carboxylic acid groups (broad SMARTS) is 1. The van der Waals surface area contributed by atoms with Gasteiger partial charge in [-0.2, -0.15) is 5.10 Å². The van der Waals surface area contributed by atoms with Crippen LogP contribution in [-0.2, 0) is 17.6 Å². The number of Topliss-reactive ketones (excluding diaryl/α,β-unsaturated/α-hetero) is 1. The maximum atomic E-state index is 11.5. The van der Waals surface area contributed by atoms with E-state index in [2.05, 4.69) is 22.3 Å². The van der Waals surface area contributed by atoms with E-state index >= 15 is 0 Å². The molecule has 1 aromatic heterocycles. The summed E-state index contributed by atoms with van der Waals surface area (Å²) in [5.74, 6) is -0.493. The van der Waals surface area contributed by atoms with Crippen LogP contribution in [0.2, 0.25) is 0 Å². The molecular formula is C26H24N2O3. The van der Waals surface area contributed by atoms with Gasteiger partial charge in [-0.25, -0.2) is 4.79 Å². The number of carboxylic acids is 1. The van der Waals surface area contributed by atoms with Gasteiger partial charge >= 0.3 is 5.97 Å². The van der Waals surface area contributed by atoms with Crippen molar-refractivity contribution in [3.8, 4) is 11.3 Å². The van der Waals surface area contributed by atoms with Crippen LogP contribution in [0, 0.1) is 0 Å². The van der Waals surface area contributed by atoms with Crippen molar-refractivity contribution in [1.29, 1.82) is 0 Å². The molecule has 1 heterocycles. The summed E-state index contributed by atoms with van der Waals surface area (Å²) in [5.41, 5.74) is 9.20. The van der Waals surface area contributed by atoms with Gasteiger partial charge in [0.25, 0.3) is 0 Å². The number of aromatic amines is 1. The van der Waals surface area contributed by atoms with Crippen molar-refractivity contribution < 1.29 is 14.7 Å². The van der Waals surface area contributed by atoms with Gasteiger partial charge in [-0.15, -0.1) is 0 Å². The van der Waals surface area contributed by atoms with Gasteiger partial charge in [0.2, 0.25) is 0 Å². The Morgan fingerprint density at radius 2 is 1.58 bits per heavy atom. The highest BCUT2D eigenvalue weighted by molar-refractivity contribution is 6.00. The molecule has 6 rings (SSSR count). The molecule has 0 saturated carbocycles. The average molecular weight is 412 g/mol. The molecule has 0 amide bonds. The molecular weight excluding hydrogens is 388 g/mol. The lowest BCUT2D eigenvalue weighted by Crippen LogP contribution is -2.09. The Morgan fingerprint density at radius 3 is 2.35 bits per heavy atom. The summed E-state index contributed by atoms with van der Waals surface area (Å²) in [7, 11) is 0. The first kappa shape index (κ1) is 19.5. The number of hydrogen-bond acceptors (Lipinski definition) is 3. The number of allylic oxidation sites excluding steroid dienone is 1. The fourth-order valence-electron chi connectivity index (χ4n) is 4.91. The maximum Gasteiger partial charge on any atom is 0.331 e. The molecule has 3 aliphatic rings. The fourth-order valence-corrected chi connectivity index (χ4v) is 4.91. The van der Waals surface area contributed by atoms with E-state index in [0.29, 0.717) is 24.2 Å². The van der Waals surface area contributed by atoms with Crippen molar-refractivity contribution in [3.05, 3.63) is 82.1 Å². The minimum atomic E-state index is -0.794. The second-order valence-corrected chi connectivity index (χ2v) is 8.31. The number of nitrogens with one attached hydrogen (secondary N) is 1. The molecule has 0 radical (unpaired) electrons. The lowest BCUT2D eigenvalue weighted by Gasteiger charge is -2.16. The van der Waals surface area contributed by atoms with E-state index in [1.165, 1.54) is 16.7 Å². The molecule has 0 fully saturated rings. The molecule has 3 aromatic rings. The van der Waals surface area contributed by atoms with E-state index in [1.807, 2.05) is 36.4 Å². The normalized spacial score (nSPS) is 16.3. The van der Waals surface area contributed by atoms with Gasteiger partial charge in [0.1, 0.15) is 0 Å². The summed E-state index contributed by atoms with van der Waals surface area (Å²) < 4.78 is 0. The van der Waals surface area contributed by atoms with Crippen LogP contribution in [0.25, 0.3) is 16.8 Å². The van der Waals surface area contributed by atoms with Crippen LogP contribution in [0.4, 0.5) is 0 Å². The number of fused-ring (bicyclic) bond motifs is 4. The quantitative estimate of drug-likeness (QED) is 0.473. The topological polar surface area (TPSA) is 83.0 Å². The number of hydrogen-bond donors (Lipinski definition) is 2. The number of nitrogens with zero attached hydrogens (tertiary/aromatic N) is 1. The van der Waals surface area contributed by atoms with Crippen LogP contribution in [0.1, 0.15) is 64.8 Å². The fraction of sp³-hybridized carbons (Fsp3) is 0.269. The minimum absolute atomic E-state index is 0.301. The predicted molar refractivity (Wildman–Crippen MR) is 119 cm³/mol. The van der Waals surface area contributed by atoms with Crippen molar-refractivity contribution in [1.82, 2.24) is 10.2 Å². The number of H-pyrrole nitrogens is 1. The number of ketones is 1. The zero-order valence-electron chi connectivity index (χ0n) is 17.3. The molecule has 0 spiro atoms. The Labute approximate surface area is 180 Å². The second kappa shape index (κ2) is 7.99. The SMILES string of the molecule is O=C(O)C1=C(c2n[nH]c3c2Cc2ccccc2-3)CCCC1.O=C1CCc2ccccc21. The van der Waals surface area contributed by atoms with E-state index in [1.54, 1.807) is 0 Å². The second-order valence-electron chi connectivity index (χ2n) is 8.31. The Bertz CT molecular complexity index is 1220. The molecule has 3 aliphatic carbocycles. The van der Waals surface area contributed by atoms with E-state index in [9.17, 15) is 14.7 Å². The Kier molecular flexibility index (Phi) is 5.02. The number of rotatable bonds is 2. The van der Waals surface area contributed by atoms with Gasteiger partial charge in [-0.05, 0) is 48.8 Å². The maximum absolute atomic E-state index is 11.5. The van der Waals surface area contributed by atoms with Gasteiger partial charge in [0, 0.05) is 35.1 Å². The molecule has 2 aromatic carbocycles. The largest absolute Gasteiger partial charge is 0.478 e. The van der Waals surface area contributed by atoms with Crippen LogP contribution >= 0.6 is 0 Å². The zero-order chi connectivity index (χ0) is 21.4. The summed E-state index contributed by atoms with van der Waals surface area (Å²) in [6.45, 7) is 0. The van der Waals surface area contributed by atoms with Crippen LogP contribution in [0.5, 0.6) is 0 Å². The first-order chi connectivity index (χ1) is 15.1. The summed E-state index contributed by atoms with van der Waals surface area (Å²) in [6, 6.07) is 16.1. The van der Waals surface area contributed by atoms with Crippen molar-refractivity contribution in [2.45, 2.75) is 44.9 Å². The number of aryl methyl sites for hydroxylation is 1. The number of carbonyl (C=O) groups excluding carboxylic acids is 1. The van der Waals surface area contributed by atoms with Gasteiger partial charge < -0.3 is 5.11 Å². The lowest BCUT2D eigenvalue weighted by atomic mass is 9.88. The van der Waals surface area contributed by atoms with Crippen molar-refractivity contribution in [2.75, 3.05) is 0 Å². The molecule has 0 aliphatic heterocycles. The molecule has 5 nitrogen and oxygen atoms in total. The Morgan fingerprint density at radius 1 is 0.871 bits per heavy atom. The van der Waals surface area contributed by atoms with Crippen LogP contribution < -0.4 is 0 Å². The van der Waals surface area contributed by atoms with Crippen molar-refractivity contribution >= 4 is 17.3 Å². The predicted octanol–water partition coefficient (Wildman–Crippen LogP) is 5.21. The zero-order valence-corrected chi connectivity index (χ0v) is 17.3. The number of aliphatic carboxylic acids is 1. The van der Waals surface area contributed by atoms with Crippen molar-refractivity contribution in [2.24, 2.45) is 0 Å². The van der Waals surface area contributed by atoms with Crippen molar-refractivity contribution in [3.63, 3.8) is 0 Å². The highest BCUT2D eigenvalue weighted by atomic mass is 16.4. The Balaban J connectivity index is 0.000000171. The standard InChI is InChI=1S/C17H16N2O2.C9H8O/c20-17(21)13-8-4-3-7-12(13)16-14-9-10-5-1-2-6-11(10)15(14)18-19-16;10-9-6-5-7-3-1-2-4-8(7)9/h1-2,5-6H,3-4,7-9H2,(H,18,19)(H,20,21);1-4H,5-6H2. The number of benzene rings is 2. The Hall–Kier alpha value is -3.47. The van der Waals surface area contributed by atoms with Gasteiger partial charge in [-0.1, -0.05) is 48.5 Å². The van der Waals surface area contributed by atoms with E-state index < -0.39 is 5.97 Å². The van der Waals surface area contributed by atoms with Crippen LogP contribution in [0.3, 0.4) is 0 Å². The lowest BCUT2D eigenvalue weighted by molar-refractivity contribution is -0.132. The highest BCUT2D eigenvalue weighted by Crippen LogP contribution is 2.41. The van der Waals surface area contributed by atoms with E-state index in [-0.39, 0.29) is 0 Å². The molecule has 5 heteroatoms. The molecule has 0 unspecified atom stereocenters. The summed E-state index contributed by atoms with van der Waals surface area (Å²) in [6.07, 6.45) is 5.95. The first-order valence-corrected chi connectivity index (χ1v) is 10.9. The average Bonchev–Trinajstić information content (AvgIpc) is 3.48. The molecule has 2 N–H and O–H groups in total.